The third-order valence-electron chi connectivity index (χ3n) is 0.750. The summed E-state index contributed by atoms with van der Waals surface area (Å²) in [7, 11) is 0. The summed E-state index contributed by atoms with van der Waals surface area (Å²) >= 11 is 0. The Morgan fingerprint density at radius 2 is 0.900 bits per heavy atom. The largest absolute Gasteiger partial charge is 2.00 e. The molecule has 0 atom stereocenters. The van der Waals surface area contributed by atoms with Gasteiger partial charge < -0.3 is 47.8 Å². The Labute approximate surface area is 118 Å². The minimum atomic E-state index is 0. The maximum Gasteiger partial charge on any atom is 2.00 e. The van der Waals surface area contributed by atoms with Gasteiger partial charge in [0.25, 0.3) is 0 Å². The van der Waals surface area contributed by atoms with E-state index in [2.05, 4.69) is 13.8 Å². The van der Waals surface area contributed by atoms with Crippen LogP contribution in [0, 0.1) is 13.8 Å². The molecule has 0 rings (SSSR count). The van der Waals surface area contributed by atoms with Crippen LogP contribution in [0.2, 0.25) is 0 Å². The van der Waals surface area contributed by atoms with Crippen LogP contribution in [0.5, 0.6) is 0 Å². The molecule has 0 unspecified atom stereocenters. The SMILES string of the molecule is [Br-].[Br-].[CH2-]CCCC[CH2-].[Mg+2].[Mg+2]. The van der Waals surface area contributed by atoms with E-state index < -0.39 is 0 Å². The Kier molecular flexibility index (Phi) is 88.2. The molecule has 0 aromatic heterocycles. The molecule has 0 saturated heterocycles. The number of unbranched alkanes of at least 4 members (excludes halogenated alkanes) is 3. The number of rotatable bonds is 3. The van der Waals surface area contributed by atoms with Crippen LogP contribution in [0.25, 0.3) is 0 Å². The zero-order valence-corrected chi connectivity index (χ0v) is 12.4. The van der Waals surface area contributed by atoms with Gasteiger partial charge in [-0.2, -0.15) is 12.8 Å². The first-order valence-corrected chi connectivity index (χ1v) is 2.50. The van der Waals surface area contributed by atoms with Crippen LogP contribution in [0.4, 0.5) is 0 Å². The molecule has 0 aliphatic carbocycles. The van der Waals surface area contributed by atoms with Crippen molar-refractivity contribution in [2.75, 3.05) is 0 Å². The van der Waals surface area contributed by atoms with Gasteiger partial charge >= 0.3 is 46.1 Å². The standard InChI is InChI=1S/C6H12.2BrH.2Mg/c1-3-5-6-4-2;;;;/h1-6H2;2*1H;;/q-2;;;2*+2/p-2. The van der Waals surface area contributed by atoms with E-state index in [4.69, 9.17) is 0 Å². The minimum Gasteiger partial charge on any atom is -1.00 e. The van der Waals surface area contributed by atoms with Gasteiger partial charge in [0.15, 0.2) is 0 Å². The van der Waals surface area contributed by atoms with Gasteiger partial charge in [0.2, 0.25) is 0 Å². The van der Waals surface area contributed by atoms with E-state index in [1.165, 1.54) is 12.8 Å². The summed E-state index contributed by atoms with van der Waals surface area (Å²) in [6.45, 7) is 7.39. The Morgan fingerprint density at radius 1 is 0.700 bits per heavy atom. The molecule has 10 heavy (non-hydrogen) atoms. The van der Waals surface area contributed by atoms with Gasteiger partial charge in [0, 0.05) is 0 Å². The first-order chi connectivity index (χ1) is 2.91. The maximum absolute atomic E-state index is 3.70. The van der Waals surface area contributed by atoms with Gasteiger partial charge in [-0.15, -0.1) is 0 Å². The molecule has 54 valence electrons. The van der Waals surface area contributed by atoms with Crippen molar-refractivity contribution in [1.82, 2.24) is 0 Å². The molecule has 0 spiro atoms. The molecular formula is C6H12Br2Mg2. The van der Waals surface area contributed by atoms with Gasteiger partial charge in [-0.25, -0.2) is 0 Å². The quantitative estimate of drug-likeness (QED) is 0.279. The van der Waals surface area contributed by atoms with E-state index in [1.807, 2.05) is 0 Å². The predicted octanol–water partition coefficient (Wildman–Crippen LogP) is -4.54. The van der Waals surface area contributed by atoms with Crippen molar-refractivity contribution in [2.24, 2.45) is 0 Å². The summed E-state index contributed by atoms with van der Waals surface area (Å²) in [5.41, 5.74) is 0. The Balaban J connectivity index is -0.0000000208. The van der Waals surface area contributed by atoms with Crippen LogP contribution in [-0.4, -0.2) is 46.1 Å². The van der Waals surface area contributed by atoms with Crippen molar-refractivity contribution < 1.29 is 34.0 Å². The molecule has 4 heteroatoms. The molecule has 0 saturated carbocycles. The van der Waals surface area contributed by atoms with E-state index in [-0.39, 0.29) is 80.1 Å². The topological polar surface area (TPSA) is 0 Å². The first-order valence-electron chi connectivity index (χ1n) is 2.50. The van der Waals surface area contributed by atoms with Crippen LogP contribution in [0.15, 0.2) is 0 Å². The molecule has 0 aliphatic heterocycles. The second-order valence-electron chi connectivity index (χ2n) is 1.41. The smallest absolute Gasteiger partial charge is 1.00 e. The second-order valence-corrected chi connectivity index (χ2v) is 1.41. The molecule has 0 nitrogen and oxygen atoms in total. The average Bonchev–Trinajstić information content (AvgIpc) is 1.61. The number of halogens is 2. The van der Waals surface area contributed by atoms with E-state index >= 15 is 0 Å². The van der Waals surface area contributed by atoms with E-state index in [9.17, 15) is 0 Å². The second kappa shape index (κ2) is 30.0. The zero-order chi connectivity index (χ0) is 4.83. The van der Waals surface area contributed by atoms with Crippen LogP contribution in [0.3, 0.4) is 0 Å². The summed E-state index contributed by atoms with van der Waals surface area (Å²) in [6.07, 6.45) is 4.61. The number of hydrogen-bond acceptors (Lipinski definition) is 0. The molecule has 0 bridgehead atoms. The molecule has 0 heterocycles. The van der Waals surface area contributed by atoms with Crippen LogP contribution in [-0.2, 0) is 0 Å². The van der Waals surface area contributed by atoms with Gasteiger partial charge in [-0.3, -0.25) is 0 Å². The molecule has 0 N–H and O–H groups in total. The van der Waals surface area contributed by atoms with Gasteiger partial charge in [0.05, 0.1) is 0 Å². The Bertz CT molecular complexity index is 25.7. The summed E-state index contributed by atoms with van der Waals surface area (Å²) in [4.78, 5) is 0. The minimum absolute atomic E-state index is 0. The average molecular weight is 293 g/mol. The van der Waals surface area contributed by atoms with E-state index in [1.54, 1.807) is 0 Å². The van der Waals surface area contributed by atoms with Crippen molar-refractivity contribution >= 4 is 46.1 Å². The van der Waals surface area contributed by atoms with Crippen molar-refractivity contribution in [3.8, 4) is 0 Å². The molecule has 0 aromatic rings. The van der Waals surface area contributed by atoms with Crippen molar-refractivity contribution in [3.05, 3.63) is 13.8 Å². The molecule has 0 amide bonds. The van der Waals surface area contributed by atoms with Gasteiger partial charge in [-0.1, -0.05) is 12.8 Å². The van der Waals surface area contributed by atoms with Crippen LogP contribution < -0.4 is 34.0 Å². The summed E-state index contributed by atoms with van der Waals surface area (Å²) in [5, 5.41) is 0. The summed E-state index contributed by atoms with van der Waals surface area (Å²) in [6, 6.07) is 0. The van der Waals surface area contributed by atoms with Crippen LogP contribution in [0.1, 0.15) is 25.7 Å². The molecule has 0 aliphatic rings. The summed E-state index contributed by atoms with van der Waals surface area (Å²) < 4.78 is 0. The monoisotopic (exact) mass is 290 g/mol. The van der Waals surface area contributed by atoms with Crippen molar-refractivity contribution in [1.29, 1.82) is 0 Å². The third-order valence-corrected chi connectivity index (χ3v) is 0.750. The van der Waals surface area contributed by atoms with E-state index in [0.717, 1.165) is 12.8 Å². The fourth-order valence-corrected chi connectivity index (χ4v) is 0.354. The van der Waals surface area contributed by atoms with Gasteiger partial charge in [0.1, 0.15) is 0 Å². The Morgan fingerprint density at radius 3 is 1.00 bits per heavy atom. The number of hydrogen-bond donors (Lipinski definition) is 0. The molecule has 0 radical (unpaired) electrons. The molecule has 0 fully saturated rings. The van der Waals surface area contributed by atoms with Gasteiger partial charge in [-0.05, 0) is 0 Å². The normalized spacial score (nSPS) is 5.40. The fourth-order valence-electron chi connectivity index (χ4n) is 0.354. The molecule has 0 aromatic carbocycles. The van der Waals surface area contributed by atoms with Crippen LogP contribution >= 0.6 is 0 Å². The van der Waals surface area contributed by atoms with Crippen molar-refractivity contribution in [3.63, 3.8) is 0 Å². The molecular weight excluding hydrogens is 280 g/mol. The predicted molar refractivity (Wildman–Crippen MR) is 40.7 cm³/mol. The fraction of sp³-hybridized carbons (Fsp3) is 0.667. The van der Waals surface area contributed by atoms with E-state index in [0.29, 0.717) is 0 Å². The zero-order valence-electron chi connectivity index (χ0n) is 6.41. The third kappa shape index (κ3) is 31.3. The Hall–Kier alpha value is 2.49. The van der Waals surface area contributed by atoms with Crippen molar-refractivity contribution in [2.45, 2.75) is 25.7 Å². The first kappa shape index (κ1) is 29.4. The summed E-state index contributed by atoms with van der Waals surface area (Å²) in [5.74, 6) is 0. The maximum atomic E-state index is 3.70.